The number of hydrogen-bond acceptors (Lipinski definition) is 2. The van der Waals surface area contributed by atoms with E-state index in [1.54, 1.807) is 0 Å². The molecule has 0 amide bonds. The molecule has 0 aromatic carbocycles. The fourth-order valence-electron chi connectivity index (χ4n) is 0. The lowest BCUT2D eigenvalue weighted by Crippen LogP contribution is -1.69. The third kappa shape index (κ3) is 231. The number of hydrogen-bond donors (Lipinski definition) is 0. The minimum Gasteiger partial charge on any atom is -0.300 e. The maximum atomic E-state index is 9.44. The van der Waals surface area contributed by atoms with Crippen molar-refractivity contribution in [2.45, 2.75) is 27.7 Å². The van der Waals surface area contributed by atoms with E-state index >= 15 is 0 Å². The van der Waals surface area contributed by atoms with Crippen LogP contribution in [0.4, 0.5) is 0 Å². The SMILES string of the molecule is CC(C)=O.CC(C)=O. The van der Waals surface area contributed by atoms with E-state index in [0.29, 0.717) is 0 Å². The molecule has 8 heavy (non-hydrogen) atoms. The summed E-state index contributed by atoms with van der Waals surface area (Å²) >= 11 is 0. The van der Waals surface area contributed by atoms with Crippen LogP contribution in [0.5, 0.6) is 0 Å². The second-order valence-corrected chi connectivity index (χ2v) is 1.82. The van der Waals surface area contributed by atoms with Gasteiger partial charge in [0, 0.05) is 0 Å². The van der Waals surface area contributed by atoms with Crippen molar-refractivity contribution in [2.75, 3.05) is 0 Å². The molecule has 0 bridgehead atoms. The first-order valence-electron chi connectivity index (χ1n) is 2.41. The second-order valence-electron chi connectivity index (χ2n) is 1.82. The molecular formula is C6H12O2. The summed E-state index contributed by atoms with van der Waals surface area (Å²) < 4.78 is 0. The van der Waals surface area contributed by atoms with Gasteiger partial charge < -0.3 is 9.59 Å². The van der Waals surface area contributed by atoms with Gasteiger partial charge >= 0.3 is 0 Å². The maximum absolute atomic E-state index is 9.44. The van der Waals surface area contributed by atoms with Gasteiger partial charge in [-0.05, 0) is 27.7 Å². The Morgan fingerprint density at radius 3 is 0.750 bits per heavy atom. The van der Waals surface area contributed by atoms with Gasteiger partial charge in [-0.1, -0.05) is 0 Å². The fourth-order valence-corrected chi connectivity index (χ4v) is 0. The number of carbonyl (C=O) groups is 2. The van der Waals surface area contributed by atoms with Crippen LogP contribution in [0, 0.1) is 0 Å². The molecule has 0 aliphatic heterocycles. The van der Waals surface area contributed by atoms with E-state index < -0.39 is 0 Å². The van der Waals surface area contributed by atoms with Gasteiger partial charge in [-0.3, -0.25) is 0 Å². The molecule has 0 aliphatic rings. The largest absolute Gasteiger partial charge is 0.300 e. The third-order valence-electron chi connectivity index (χ3n) is 0. The molecule has 0 saturated carbocycles. The van der Waals surface area contributed by atoms with Gasteiger partial charge in [0.15, 0.2) is 0 Å². The lowest BCUT2D eigenvalue weighted by atomic mass is 10.6. The van der Waals surface area contributed by atoms with Crippen molar-refractivity contribution in [1.82, 2.24) is 0 Å². The summed E-state index contributed by atoms with van der Waals surface area (Å²) in [6.45, 7) is 6.11. The standard InChI is InChI=1S/2C3H6O/c2*1-3(2)4/h2*1-2H3. The highest BCUT2D eigenvalue weighted by molar-refractivity contribution is 5.72. The van der Waals surface area contributed by atoms with Crippen LogP contribution in [0.1, 0.15) is 27.7 Å². The van der Waals surface area contributed by atoms with Gasteiger partial charge in [0.2, 0.25) is 0 Å². The molecule has 2 heteroatoms. The van der Waals surface area contributed by atoms with Crippen molar-refractivity contribution >= 4 is 11.6 Å². The summed E-state index contributed by atoms with van der Waals surface area (Å²) in [5.41, 5.74) is 0. The third-order valence-corrected chi connectivity index (χ3v) is 0. The number of carbonyl (C=O) groups excluding carboxylic acids is 2. The topological polar surface area (TPSA) is 34.1 Å². The highest BCUT2D eigenvalue weighted by atomic mass is 16.1. The van der Waals surface area contributed by atoms with Crippen LogP contribution >= 0.6 is 0 Å². The summed E-state index contributed by atoms with van der Waals surface area (Å²) in [5.74, 6) is 0.333. The number of ketones is 2. The molecule has 48 valence electrons. The number of Topliss-reactive ketones (excluding diaryl/α,β-unsaturated/α-hetero) is 2. The Kier molecular flexibility index (Phi) is 8.20. The molecule has 0 rings (SSSR count). The average molecular weight is 116 g/mol. The molecular weight excluding hydrogens is 104 g/mol. The zero-order valence-electron chi connectivity index (χ0n) is 5.82. The molecule has 0 spiro atoms. The molecule has 2 nitrogen and oxygen atoms in total. The molecule has 0 aliphatic carbocycles. The molecule has 0 unspecified atom stereocenters. The Bertz CT molecular complexity index is 64.5. The van der Waals surface area contributed by atoms with Crippen molar-refractivity contribution in [3.63, 3.8) is 0 Å². The van der Waals surface area contributed by atoms with Crippen molar-refractivity contribution in [2.24, 2.45) is 0 Å². The van der Waals surface area contributed by atoms with Crippen LogP contribution < -0.4 is 0 Å². The first kappa shape index (κ1) is 10.3. The molecule has 0 atom stereocenters. The van der Waals surface area contributed by atoms with Crippen LogP contribution in [0.15, 0.2) is 0 Å². The molecule has 0 aromatic rings. The monoisotopic (exact) mass is 116 g/mol. The average Bonchev–Trinajstić information content (AvgIpc) is 1.25. The summed E-state index contributed by atoms with van der Waals surface area (Å²) in [6.07, 6.45) is 0. The molecule has 0 heterocycles. The van der Waals surface area contributed by atoms with Crippen molar-refractivity contribution in [3.8, 4) is 0 Å². The fraction of sp³-hybridized carbons (Fsp3) is 0.667. The van der Waals surface area contributed by atoms with E-state index in [1.807, 2.05) is 0 Å². The quantitative estimate of drug-likeness (QED) is 0.476. The highest BCUT2D eigenvalue weighted by Gasteiger charge is 1.62. The predicted octanol–water partition coefficient (Wildman–Crippen LogP) is 1.19. The Balaban J connectivity index is 0. The van der Waals surface area contributed by atoms with Gasteiger partial charge in [-0.2, -0.15) is 0 Å². The van der Waals surface area contributed by atoms with Crippen molar-refractivity contribution < 1.29 is 9.59 Å². The van der Waals surface area contributed by atoms with E-state index in [-0.39, 0.29) is 11.6 Å². The Labute approximate surface area is 49.9 Å². The van der Waals surface area contributed by atoms with Crippen molar-refractivity contribution in [3.05, 3.63) is 0 Å². The maximum Gasteiger partial charge on any atom is 0.126 e. The molecule has 0 aromatic heterocycles. The summed E-state index contributed by atoms with van der Waals surface area (Å²) in [6, 6.07) is 0. The van der Waals surface area contributed by atoms with Crippen LogP contribution in [0.2, 0.25) is 0 Å². The summed E-state index contributed by atoms with van der Waals surface area (Å²) in [5, 5.41) is 0. The van der Waals surface area contributed by atoms with Crippen LogP contribution in [0.25, 0.3) is 0 Å². The van der Waals surface area contributed by atoms with E-state index in [2.05, 4.69) is 0 Å². The van der Waals surface area contributed by atoms with Gasteiger partial charge in [0.25, 0.3) is 0 Å². The highest BCUT2D eigenvalue weighted by Crippen LogP contribution is 1.50. The van der Waals surface area contributed by atoms with Crippen LogP contribution in [-0.2, 0) is 9.59 Å². The summed E-state index contributed by atoms with van der Waals surface area (Å²) in [4.78, 5) is 18.9. The van der Waals surface area contributed by atoms with E-state index in [4.69, 9.17) is 0 Å². The lowest BCUT2D eigenvalue weighted by molar-refractivity contribution is -0.115. The molecule has 0 N–H and O–H groups in total. The minimum absolute atomic E-state index is 0.167. The number of rotatable bonds is 0. The predicted molar refractivity (Wildman–Crippen MR) is 32.7 cm³/mol. The van der Waals surface area contributed by atoms with Gasteiger partial charge in [-0.25, -0.2) is 0 Å². The van der Waals surface area contributed by atoms with E-state index in [1.165, 1.54) is 27.7 Å². The lowest BCUT2D eigenvalue weighted by Gasteiger charge is -1.56. The van der Waals surface area contributed by atoms with E-state index in [9.17, 15) is 9.59 Å². The Morgan fingerprint density at radius 1 is 0.750 bits per heavy atom. The van der Waals surface area contributed by atoms with Gasteiger partial charge in [0.05, 0.1) is 0 Å². The summed E-state index contributed by atoms with van der Waals surface area (Å²) in [7, 11) is 0. The minimum atomic E-state index is 0.167. The zero-order chi connectivity index (χ0) is 7.15. The van der Waals surface area contributed by atoms with Crippen LogP contribution in [-0.4, -0.2) is 11.6 Å². The Hall–Kier alpha value is -0.660. The normalized spacial score (nSPS) is 6.50. The first-order chi connectivity index (χ1) is 3.46. The van der Waals surface area contributed by atoms with Gasteiger partial charge in [0.1, 0.15) is 11.6 Å². The van der Waals surface area contributed by atoms with Crippen molar-refractivity contribution in [1.29, 1.82) is 0 Å². The second kappa shape index (κ2) is 6.34. The molecule has 0 fully saturated rings. The van der Waals surface area contributed by atoms with Crippen LogP contribution in [0.3, 0.4) is 0 Å². The first-order valence-corrected chi connectivity index (χ1v) is 2.41. The Morgan fingerprint density at radius 2 is 0.750 bits per heavy atom. The molecule has 0 radical (unpaired) electrons. The van der Waals surface area contributed by atoms with Gasteiger partial charge in [-0.15, -0.1) is 0 Å². The smallest absolute Gasteiger partial charge is 0.126 e. The molecule has 0 saturated heterocycles. The zero-order valence-corrected chi connectivity index (χ0v) is 5.82. The van der Waals surface area contributed by atoms with E-state index in [0.717, 1.165) is 0 Å².